The van der Waals surface area contributed by atoms with Gasteiger partial charge in [0.1, 0.15) is 5.69 Å². The number of piperidine rings is 1. The second-order valence-corrected chi connectivity index (χ2v) is 5.38. The molecule has 2 unspecified atom stereocenters. The monoisotopic (exact) mass is 286 g/mol. The molecule has 0 aromatic carbocycles. The van der Waals surface area contributed by atoms with Crippen LogP contribution in [-0.2, 0) is 0 Å². The van der Waals surface area contributed by atoms with E-state index in [-0.39, 0.29) is 18.1 Å². The fourth-order valence-corrected chi connectivity index (χ4v) is 3.06. The average Bonchev–Trinajstić information content (AvgIpc) is 3.10. The van der Waals surface area contributed by atoms with Crippen molar-refractivity contribution in [3.05, 3.63) is 36.3 Å². The second kappa shape index (κ2) is 4.56. The van der Waals surface area contributed by atoms with Crippen LogP contribution in [0, 0.1) is 0 Å². The summed E-state index contributed by atoms with van der Waals surface area (Å²) in [6, 6.07) is 4.96. The molecule has 4 heterocycles. The van der Waals surface area contributed by atoms with Gasteiger partial charge in [-0.3, -0.25) is 10.2 Å². The number of hydrogen-bond acceptors (Lipinski definition) is 5. The predicted octanol–water partition coefficient (Wildman–Crippen LogP) is 2.07. The largest absolute Gasteiger partial charge is 0.356 e. The number of hydroxylamine groups is 2. The van der Waals surface area contributed by atoms with Crippen molar-refractivity contribution in [3.8, 4) is 11.3 Å². The van der Waals surface area contributed by atoms with E-state index in [2.05, 4.69) is 10.1 Å². The van der Waals surface area contributed by atoms with Gasteiger partial charge in [-0.2, -0.15) is 0 Å². The van der Waals surface area contributed by atoms with Gasteiger partial charge in [0, 0.05) is 30.6 Å². The first kappa shape index (κ1) is 12.3. The van der Waals surface area contributed by atoms with Gasteiger partial charge in [-0.1, -0.05) is 5.16 Å². The lowest BCUT2D eigenvalue weighted by atomic mass is 9.98. The number of pyridine rings is 1. The molecule has 4 rings (SSSR count). The van der Waals surface area contributed by atoms with Crippen LogP contribution >= 0.6 is 0 Å². The average molecular weight is 286 g/mol. The van der Waals surface area contributed by atoms with Crippen molar-refractivity contribution in [2.24, 2.45) is 0 Å². The lowest BCUT2D eigenvalue weighted by Gasteiger charge is -2.28. The molecule has 2 atom stereocenters. The minimum Gasteiger partial charge on any atom is -0.356 e. The zero-order valence-corrected chi connectivity index (χ0v) is 11.2. The number of carbonyl (C=O) groups excluding carboxylic acids is 1. The van der Waals surface area contributed by atoms with E-state index in [1.807, 2.05) is 18.2 Å². The van der Waals surface area contributed by atoms with Gasteiger partial charge in [0.2, 0.25) is 0 Å². The van der Waals surface area contributed by atoms with E-state index in [9.17, 15) is 10.0 Å². The molecule has 2 aliphatic heterocycles. The summed E-state index contributed by atoms with van der Waals surface area (Å²) < 4.78 is 5.38. The molecular weight excluding hydrogens is 272 g/mol. The van der Waals surface area contributed by atoms with Gasteiger partial charge >= 0.3 is 6.03 Å². The van der Waals surface area contributed by atoms with Gasteiger partial charge in [0.15, 0.2) is 5.76 Å². The Labute approximate surface area is 120 Å². The third-order valence-electron chi connectivity index (χ3n) is 4.18. The summed E-state index contributed by atoms with van der Waals surface area (Å²) in [4.78, 5) is 17.6. The second-order valence-electron chi connectivity index (χ2n) is 5.38. The molecule has 0 spiro atoms. The molecule has 0 aliphatic carbocycles. The number of rotatable bonds is 2. The van der Waals surface area contributed by atoms with Crippen LogP contribution in [0.4, 0.5) is 4.79 Å². The van der Waals surface area contributed by atoms with E-state index >= 15 is 0 Å². The van der Waals surface area contributed by atoms with Crippen molar-refractivity contribution in [2.75, 3.05) is 6.54 Å². The summed E-state index contributed by atoms with van der Waals surface area (Å²) in [6.45, 7) is 0.539. The third-order valence-corrected chi connectivity index (χ3v) is 4.18. The fourth-order valence-electron chi connectivity index (χ4n) is 3.06. The van der Waals surface area contributed by atoms with E-state index in [4.69, 9.17) is 4.52 Å². The van der Waals surface area contributed by atoms with Gasteiger partial charge in [-0.05, 0) is 25.0 Å². The molecule has 2 fully saturated rings. The first-order valence-corrected chi connectivity index (χ1v) is 6.90. The summed E-state index contributed by atoms with van der Waals surface area (Å²) in [5, 5.41) is 14.6. The van der Waals surface area contributed by atoms with Crippen LogP contribution in [0.1, 0.15) is 24.6 Å². The Kier molecular flexibility index (Phi) is 2.68. The van der Waals surface area contributed by atoms with Crippen LogP contribution < -0.4 is 0 Å². The Hall–Kier alpha value is -2.41. The highest BCUT2D eigenvalue weighted by atomic mass is 16.5. The number of fused-ring (bicyclic) bond motifs is 2. The van der Waals surface area contributed by atoms with Gasteiger partial charge < -0.3 is 9.42 Å². The van der Waals surface area contributed by atoms with E-state index in [1.54, 1.807) is 17.3 Å². The highest BCUT2D eigenvalue weighted by Crippen LogP contribution is 2.38. The predicted molar refractivity (Wildman–Crippen MR) is 71.2 cm³/mol. The van der Waals surface area contributed by atoms with Crippen molar-refractivity contribution in [2.45, 2.75) is 24.9 Å². The Bertz CT molecular complexity index is 672. The fraction of sp³-hybridized carbons (Fsp3) is 0.357. The highest BCUT2D eigenvalue weighted by molar-refractivity contribution is 5.77. The molecule has 2 aromatic heterocycles. The maximum atomic E-state index is 12.0. The molecule has 2 aliphatic rings. The van der Waals surface area contributed by atoms with Gasteiger partial charge in [0.25, 0.3) is 0 Å². The van der Waals surface area contributed by atoms with Crippen LogP contribution in [0.25, 0.3) is 11.3 Å². The van der Waals surface area contributed by atoms with E-state index < -0.39 is 0 Å². The van der Waals surface area contributed by atoms with Crippen molar-refractivity contribution in [1.82, 2.24) is 20.1 Å². The topological polar surface area (TPSA) is 82.7 Å². The van der Waals surface area contributed by atoms with Crippen molar-refractivity contribution in [3.63, 3.8) is 0 Å². The minimum atomic E-state index is -0.351. The normalized spacial score (nSPS) is 24.7. The summed E-state index contributed by atoms with van der Waals surface area (Å²) in [5.74, 6) is 0.655. The Morgan fingerprint density at radius 3 is 2.90 bits per heavy atom. The molecule has 0 radical (unpaired) electrons. The lowest BCUT2D eigenvalue weighted by molar-refractivity contribution is -0.0584. The van der Waals surface area contributed by atoms with E-state index in [0.29, 0.717) is 12.3 Å². The van der Waals surface area contributed by atoms with Gasteiger partial charge in [-0.15, -0.1) is 0 Å². The van der Waals surface area contributed by atoms with Crippen molar-refractivity contribution in [1.29, 1.82) is 0 Å². The Balaban J connectivity index is 1.63. The van der Waals surface area contributed by atoms with Crippen molar-refractivity contribution >= 4 is 6.03 Å². The summed E-state index contributed by atoms with van der Waals surface area (Å²) in [6.07, 6.45) is 4.92. The molecule has 7 nitrogen and oxygen atoms in total. The van der Waals surface area contributed by atoms with Crippen LogP contribution in [0.2, 0.25) is 0 Å². The quantitative estimate of drug-likeness (QED) is 0.854. The highest BCUT2D eigenvalue weighted by Gasteiger charge is 2.45. The molecule has 2 bridgehead atoms. The molecule has 108 valence electrons. The molecule has 2 saturated heterocycles. The van der Waals surface area contributed by atoms with Crippen LogP contribution in [0.15, 0.2) is 35.1 Å². The molecule has 21 heavy (non-hydrogen) atoms. The first-order valence-electron chi connectivity index (χ1n) is 6.90. The van der Waals surface area contributed by atoms with E-state index in [0.717, 1.165) is 29.2 Å². The number of hydrogen-bond donors (Lipinski definition) is 1. The van der Waals surface area contributed by atoms with E-state index in [1.165, 1.54) is 0 Å². The molecule has 2 aromatic rings. The number of carbonyl (C=O) groups is 1. The molecular formula is C14H14N4O3. The lowest BCUT2D eigenvalue weighted by Crippen LogP contribution is -2.34. The molecule has 7 heteroatoms. The zero-order valence-electron chi connectivity index (χ0n) is 11.2. The molecule has 2 amide bonds. The summed E-state index contributed by atoms with van der Waals surface area (Å²) in [5.41, 5.74) is 1.62. The molecule has 0 saturated carbocycles. The Morgan fingerprint density at radius 2 is 2.10 bits per heavy atom. The Morgan fingerprint density at radius 1 is 1.29 bits per heavy atom. The SMILES string of the molecule is O=C1N(O)C2CCC(c3cc(-c4ccncc4)on3)N1C2. The summed E-state index contributed by atoms with van der Waals surface area (Å²) in [7, 11) is 0. The number of urea groups is 1. The molecule has 1 N–H and O–H groups in total. The van der Waals surface area contributed by atoms with Gasteiger partial charge in [0.05, 0.1) is 12.1 Å². The van der Waals surface area contributed by atoms with Crippen LogP contribution in [0.5, 0.6) is 0 Å². The number of nitrogens with zero attached hydrogens (tertiary/aromatic N) is 4. The third kappa shape index (κ3) is 1.89. The smallest absolute Gasteiger partial charge is 0.344 e. The zero-order chi connectivity index (χ0) is 14.4. The summed E-state index contributed by atoms with van der Waals surface area (Å²) >= 11 is 0. The number of amides is 2. The van der Waals surface area contributed by atoms with Gasteiger partial charge in [-0.25, -0.2) is 9.86 Å². The van der Waals surface area contributed by atoms with Crippen molar-refractivity contribution < 1.29 is 14.5 Å². The maximum Gasteiger partial charge on any atom is 0.344 e. The number of aromatic nitrogens is 2. The minimum absolute atomic E-state index is 0.0969. The van der Waals surface area contributed by atoms with Crippen LogP contribution in [0.3, 0.4) is 0 Å². The first-order chi connectivity index (χ1) is 10.2. The van der Waals surface area contributed by atoms with Crippen LogP contribution in [-0.4, -0.2) is 43.9 Å². The standard InChI is InChI=1S/C14H14N4O3/c19-14-17-8-10(18(14)20)1-2-12(17)11-7-13(21-16-11)9-3-5-15-6-4-9/h3-7,10,12,20H,1-2,8H2. The maximum absolute atomic E-state index is 12.0.